The van der Waals surface area contributed by atoms with Crippen LogP contribution in [0.15, 0.2) is 48.7 Å². The standard InChI is InChI=1S/C22H25ClN5O3P/c1-28-8-10-32(29,11-9-28)17-6-7-19(20(13-17)30-2)26-22-25-14-18(23)21(27-22)31-16-5-3-4-15(24)12-16/h3-7,12-14H,8-11,24H2,1-2H3,(H,25,26,27). The van der Waals surface area contributed by atoms with Gasteiger partial charge in [0.1, 0.15) is 23.7 Å². The van der Waals surface area contributed by atoms with Gasteiger partial charge in [0.2, 0.25) is 11.8 Å². The smallest absolute Gasteiger partial charge is 0.243 e. The molecule has 2 heterocycles. The average Bonchev–Trinajstić information content (AvgIpc) is 2.78. The lowest BCUT2D eigenvalue weighted by Gasteiger charge is -2.30. The van der Waals surface area contributed by atoms with E-state index in [-0.39, 0.29) is 16.9 Å². The summed E-state index contributed by atoms with van der Waals surface area (Å²) in [5, 5.41) is 4.22. The van der Waals surface area contributed by atoms with Gasteiger partial charge in [-0.1, -0.05) is 17.7 Å². The number of aromatic nitrogens is 2. The first-order valence-electron chi connectivity index (χ1n) is 10.1. The van der Waals surface area contributed by atoms with Crippen LogP contribution in [0.2, 0.25) is 5.02 Å². The Hall–Kier alpha value is -2.80. The number of nitrogen functional groups attached to an aromatic ring is 1. The van der Waals surface area contributed by atoms with E-state index in [2.05, 4.69) is 20.2 Å². The Bertz CT molecular complexity index is 1160. The second-order valence-corrected chi connectivity index (χ2v) is 11.3. The van der Waals surface area contributed by atoms with Gasteiger partial charge in [-0.15, -0.1) is 0 Å². The van der Waals surface area contributed by atoms with Crippen molar-refractivity contribution < 1.29 is 14.0 Å². The molecule has 0 amide bonds. The molecule has 0 unspecified atom stereocenters. The highest BCUT2D eigenvalue weighted by molar-refractivity contribution is 7.71. The Labute approximate surface area is 192 Å². The van der Waals surface area contributed by atoms with Crippen LogP contribution in [-0.4, -0.2) is 54.4 Å². The molecule has 10 heteroatoms. The maximum absolute atomic E-state index is 13.4. The molecule has 0 spiro atoms. The zero-order chi connectivity index (χ0) is 22.7. The minimum atomic E-state index is -2.43. The number of ether oxygens (including phenoxy) is 2. The zero-order valence-electron chi connectivity index (χ0n) is 17.9. The van der Waals surface area contributed by atoms with Gasteiger partial charge in [-0.05, 0) is 37.4 Å². The first kappa shape index (κ1) is 22.4. The lowest BCUT2D eigenvalue weighted by Crippen LogP contribution is -2.34. The quantitative estimate of drug-likeness (QED) is 0.406. The van der Waals surface area contributed by atoms with Crippen LogP contribution in [0.5, 0.6) is 17.4 Å². The van der Waals surface area contributed by atoms with Crippen LogP contribution in [0, 0.1) is 0 Å². The fraction of sp³-hybridized carbons (Fsp3) is 0.273. The van der Waals surface area contributed by atoms with Gasteiger partial charge in [0.25, 0.3) is 0 Å². The third-order valence-corrected chi connectivity index (χ3v) is 8.70. The molecule has 0 aliphatic carbocycles. The van der Waals surface area contributed by atoms with E-state index in [1.807, 2.05) is 25.2 Å². The monoisotopic (exact) mass is 473 g/mol. The number of hydrogen-bond donors (Lipinski definition) is 2. The molecule has 2 aromatic carbocycles. The number of benzene rings is 2. The number of rotatable bonds is 6. The number of hydrogen-bond acceptors (Lipinski definition) is 8. The van der Waals surface area contributed by atoms with Gasteiger partial charge in [-0.2, -0.15) is 4.98 Å². The molecule has 1 aliphatic rings. The van der Waals surface area contributed by atoms with Gasteiger partial charge in [0, 0.05) is 42.5 Å². The molecule has 0 saturated carbocycles. The minimum Gasteiger partial charge on any atom is -0.495 e. The maximum Gasteiger partial charge on any atom is 0.243 e. The predicted octanol–water partition coefficient (Wildman–Crippen LogP) is 4.19. The van der Waals surface area contributed by atoms with Crippen LogP contribution < -0.4 is 25.8 Å². The van der Waals surface area contributed by atoms with E-state index >= 15 is 0 Å². The van der Waals surface area contributed by atoms with Crippen molar-refractivity contribution in [3.63, 3.8) is 0 Å². The molecule has 3 aromatic rings. The van der Waals surface area contributed by atoms with Gasteiger partial charge in [0.15, 0.2) is 0 Å². The summed E-state index contributed by atoms with van der Waals surface area (Å²) in [6.07, 6.45) is 2.80. The van der Waals surface area contributed by atoms with E-state index < -0.39 is 7.14 Å². The van der Waals surface area contributed by atoms with E-state index in [1.165, 1.54) is 6.20 Å². The summed E-state index contributed by atoms with van der Waals surface area (Å²) in [6.45, 7) is 1.65. The summed E-state index contributed by atoms with van der Waals surface area (Å²) < 4.78 is 24.8. The third kappa shape index (κ3) is 4.99. The molecule has 8 nitrogen and oxygen atoms in total. The molecule has 0 bridgehead atoms. The highest BCUT2D eigenvalue weighted by atomic mass is 35.5. The van der Waals surface area contributed by atoms with Crippen LogP contribution in [0.25, 0.3) is 0 Å². The largest absolute Gasteiger partial charge is 0.495 e. The Kier molecular flexibility index (Phi) is 6.55. The van der Waals surface area contributed by atoms with Crippen molar-refractivity contribution in [1.82, 2.24) is 14.9 Å². The number of methoxy groups -OCH3 is 1. The number of halogens is 1. The molecule has 3 N–H and O–H groups in total. The van der Waals surface area contributed by atoms with Crippen LogP contribution in [0.1, 0.15) is 0 Å². The van der Waals surface area contributed by atoms with Crippen molar-refractivity contribution in [3.05, 3.63) is 53.7 Å². The number of anilines is 3. The molecule has 32 heavy (non-hydrogen) atoms. The molecular weight excluding hydrogens is 449 g/mol. The fourth-order valence-corrected chi connectivity index (χ4v) is 6.37. The molecule has 4 rings (SSSR count). The minimum absolute atomic E-state index is 0.195. The van der Waals surface area contributed by atoms with Gasteiger partial charge >= 0.3 is 0 Å². The summed E-state index contributed by atoms with van der Waals surface area (Å²) >= 11 is 6.21. The second-order valence-electron chi connectivity index (χ2n) is 7.67. The Balaban J connectivity index is 1.57. The van der Waals surface area contributed by atoms with Crippen LogP contribution in [0.3, 0.4) is 0 Å². The first-order valence-corrected chi connectivity index (χ1v) is 12.6. The molecule has 0 radical (unpaired) electrons. The topological polar surface area (TPSA) is 103 Å². The summed E-state index contributed by atoms with van der Waals surface area (Å²) in [5.41, 5.74) is 7.02. The molecule has 1 aliphatic heterocycles. The van der Waals surface area contributed by atoms with Crippen LogP contribution in [0.4, 0.5) is 17.3 Å². The van der Waals surface area contributed by atoms with Crippen LogP contribution in [-0.2, 0) is 4.57 Å². The maximum atomic E-state index is 13.4. The normalized spacial score (nSPS) is 15.8. The number of nitrogens with zero attached hydrogens (tertiary/aromatic N) is 3. The zero-order valence-corrected chi connectivity index (χ0v) is 19.6. The van der Waals surface area contributed by atoms with Gasteiger partial charge in [-0.25, -0.2) is 4.98 Å². The highest BCUT2D eigenvalue weighted by Crippen LogP contribution is 2.47. The molecule has 0 atom stereocenters. The lowest BCUT2D eigenvalue weighted by atomic mass is 10.3. The summed E-state index contributed by atoms with van der Waals surface area (Å²) in [7, 11) is 1.19. The van der Waals surface area contributed by atoms with Gasteiger partial charge in [0.05, 0.1) is 19.0 Å². The summed E-state index contributed by atoms with van der Waals surface area (Å²) in [6, 6.07) is 12.5. The van der Waals surface area contributed by atoms with E-state index in [9.17, 15) is 4.57 Å². The number of nitrogens with one attached hydrogen (secondary N) is 1. The average molecular weight is 474 g/mol. The van der Waals surface area contributed by atoms with Gasteiger partial charge in [-0.3, -0.25) is 0 Å². The Morgan fingerprint density at radius 3 is 2.69 bits per heavy atom. The predicted molar refractivity (Wildman–Crippen MR) is 129 cm³/mol. The second kappa shape index (κ2) is 9.36. The van der Waals surface area contributed by atoms with Crippen molar-refractivity contribution in [2.24, 2.45) is 0 Å². The molecule has 168 valence electrons. The summed E-state index contributed by atoms with van der Waals surface area (Å²) in [4.78, 5) is 10.8. The lowest BCUT2D eigenvalue weighted by molar-refractivity contribution is 0.361. The van der Waals surface area contributed by atoms with E-state index in [1.54, 1.807) is 31.4 Å². The van der Waals surface area contributed by atoms with E-state index in [0.717, 1.165) is 18.4 Å². The summed E-state index contributed by atoms with van der Waals surface area (Å²) in [5.74, 6) is 1.56. The molecule has 1 saturated heterocycles. The van der Waals surface area contributed by atoms with Crippen molar-refractivity contribution in [2.75, 3.05) is 50.6 Å². The van der Waals surface area contributed by atoms with Crippen molar-refractivity contribution in [3.8, 4) is 17.4 Å². The fourth-order valence-electron chi connectivity index (χ4n) is 3.48. The Morgan fingerprint density at radius 1 is 1.19 bits per heavy atom. The van der Waals surface area contributed by atoms with Crippen molar-refractivity contribution in [1.29, 1.82) is 0 Å². The molecule has 1 fully saturated rings. The van der Waals surface area contributed by atoms with Crippen molar-refractivity contribution >= 4 is 41.4 Å². The number of nitrogens with two attached hydrogens (primary N) is 1. The Morgan fingerprint density at radius 2 is 1.97 bits per heavy atom. The highest BCUT2D eigenvalue weighted by Gasteiger charge is 2.30. The SMILES string of the molecule is COc1cc(P2(=O)CCN(C)CC2)ccc1Nc1ncc(Cl)c(Oc2cccc(N)c2)n1. The third-order valence-electron chi connectivity index (χ3n) is 5.37. The molecule has 1 aromatic heterocycles. The first-order chi connectivity index (χ1) is 15.4. The molecular formula is C22H25ClN5O3P. The van der Waals surface area contributed by atoms with Crippen molar-refractivity contribution in [2.45, 2.75) is 0 Å². The van der Waals surface area contributed by atoms with E-state index in [4.69, 9.17) is 26.8 Å². The van der Waals surface area contributed by atoms with Crippen LogP contribution >= 0.6 is 18.7 Å². The van der Waals surface area contributed by atoms with E-state index in [0.29, 0.717) is 35.2 Å². The van der Waals surface area contributed by atoms with Gasteiger partial charge < -0.3 is 30.0 Å².